The summed E-state index contributed by atoms with van der Waals surface area (Å²) >= 11 is 1.54. The summed E-state index contributed by atoms with van der Waals surface area (Å²) in [5, 5.41) is 10.4. The second kappa shape index (κ2) is 8.76. The van der Waals surface area contributed by atoms with Gasteiger partial charge in [-0.25, -0.2) is 0 Å². The first-order valence-electron chi connectivity index (χ1n) is 6.71. The van der Waals surface area contributed by atoms with E-state index >= 15 is 0 Å². The molecule has 98 valence electrons. The molecule has 0 unspecified atom stereocenters. The quantitative estimate of drug-likeness (QED) is 0.706. The van der Waals surface area contributed by atoms with Crippen LogP contribution in [0.1, 0.15) is 57.8 Å². The summed E-state index contributed by atoms with van der Waals surface area (Å²) in [5.74, 6) is 0. The van der Waals surface area contributed by atoms with Crippen LogP contribution in [0.3, 0.4) is 0 Å². The van der Waals surface area contributed by atoms with Gasteiger partial charge in [-0.3, -0.25) is 4.79 Å². The Balaban J connectivity index is 2.06. The van der Waals surface area contributed by atoms with Crippen molar-refractivity contribution in [1.29, 1.82) is 0 Å². The second-order valence-electron chi connectivity index (χ2n) is 4.82. The van der Waals surface area contributed by atoms with E-state index in [9.17, 15) is 9.90 Å². The highest BCUT2D eigenvalue weighted by Crippen LogP contribution is 2.29. The number of carbonyl (C=O) groups excluding carboxylic acids is 1. The molecule has 1 saturated carbocycles. The summed E-state index contributed by atoms with van der Waals surface area (Å²) in [5.41, 5.74) is 0. The fraction of sp³-hybridized carbons (Fsp3) is 0.786. The molecule has 2 nitrogen and oxygen atoms in total. The lowest BCUT2D eigenvalue weighted by Gasteiger charge is -2.20. The zero-order valence-electron chi connectivity index (χ0n) is 10.6. The maximum absolute atomic E-state index is 11.7. The first-order chi connectivity index (χ1) is 8.22. The Morgan fingerprint density at radius 2 is 2.12 bits per heavy atom. The Labute approximate surface area is 109 Å². The number of hydrogen-bond donors (Lipinski definition) is 1. The number of thioether (sulfide) groups is 1. The van der Waals surface area contributed by atoms with Gasteiger partial charge in [0.05, 0.1) is 6.10 Å². The minimum atomic E-state index is -0.319. The minimum absolute atomic E-state index is 0.308. The summed E-state index contributed by atoms with van der Waals surface area (Å²) in [7, 11) is 0. The second-order valence-corrected chi connectivity index (χ2v) is 6.18. The van der Waals surface area contributed by atoms with E-state index in [1.165, 1.54) is 32.1 Å². The van der Waals surface area contributed by atoms with Crippen molar-refractivity contribution in [2.45, 2.75) is 69.1 Å². The SMILES string of the molecule is C=CC[C@H](O)CCCC(=O)SC1CCCCC1. The maximum Gasteiger partial charge on any atom is 0.189 e. The predicted molar refractivity (Wildman–Crippen MR) is 74.1 cm³/mol. The molecule has 0 aliphatic heterocycles. The van der Waals surface area contributed by atoms with E-state index in [4.69, 9.17) is 0 Å². The highest BCUT2D eigenvalue weighted by atomic mass is 32.2. The van der Waals surface area contributed by atoms with Crippen molar-refractivity contribution in [2.75, 3.05) is 0 Å². The number of aliphatic hydroxyl groups is 1. The maximum atomic E-state index is 11.7. The van der Waals surface area contributed by atoms with Crippen LogP contribution in [0.4, 0.5) is 0 Å². The molecule has 1 aliphatic carbocycles. The lowest BCUT2D eigenvalue weighted by molar-refractivity contribution is -0.111. The molecule has 3 heteroatoms. The Morgan fingerprint density at radius 3 is 2.76 bits per heavy atom. The highest BCUT2D eigenvalue weighted by Gasteiger charge is 2.17. The van der Waals surface area contributed by atoms with Crippen LogP contribution in [0.2, 0.25) is 0 Å². The van der Waals surface area contributed by atoms with Crippen LogP contribution in [0.25, 0.3) is 0 Å². The normalized spacial score (nSPS) is 18.9. The molecule has 1 N–H and O–H groups in total. The average molecular weight is 256 g/mol. The lowest BCUT2D eigenvalue weighted by Crippen LogP contribution is -2.11. The molecular weight excluding hydrogens is 232 g/mol. The van der Waals surface area contributed by atoms with Gasteiger partial charge >= 0.3 is 0 Å². The van der Waals surface area contributed by atoms with Crippen LogP contribution in [-0.4, -0.2) is 21.6 Å². The first-order valence-corrected chi connectivity index (χ1v) is 7.58. The monoisotopic (exact) mass is 256 g/mol. The number of hydrogen-bond acceptors (Lipinski definition) is 3. The van der Waals surface area contributed by atoms with Gasteiger partial charge < -0.3 is 5.11 Å². The van der Waals surface area contributed by atoms with Crippen molar-refractivity contribution in [1.82, 2.24) is 0 Å². The van der Waals surface area contributed by atoms with Gasteiger partial charge in [0.25, 0.3) is 0 Å². The van der Waals surface area contributed by atoms with E-state index in [2.05, 4.69) is 6.58 Å². The van der Waals surface area contributed by atoms with Crippen molar-refractivity contribution in [2.24, 2.45) is 0 Å². The van der Waals surface area contributed by atoms with Crippen molar-refractivity contribution in [3.05, 3.63) is 12.7 Å². The predicted octanol–water partition coefficient (Wildman–Crippen LogP) is 3.69. The average Bonchev–Trinajstić information content (AvgIpc) is 2.30. The molecule has 1 rings (SSSR count). The topological polar surface area (TPSA) is 37.3 Å². The molecule has 0 spiro atoms. The van der Waals surface area contributed by atoms with E-state index in [1.807, 2.05) is 0 Å². The van der Waals surface area contributed by atoms with Gasteiger partial charge in [0, 0.05) is 11.7 Å². The van der Waals surface area contributed by atoms with Crippen molar-refractivity contribution in [3.63, 3.8) is 0 Å². The van der Waals surface area contributed by atoms with E-state index in [0.29, 0.717) is 29.6 Å². The van der Waals surface area contributed by atoms with Crippen molar-refractivity contribution < 1.29 is 9.90 Å². The number of aliphatic hydroxyl groups excluding tert-OH is 1. The summed E-state index contributed by atoms with van der Waals surface area (Å²) in [6, 6.07) is 0. The highest BCUT2D eigenvalue weighted by molar-refractivity contribution is 8.14. The first kappa shape index (κ1) is 14.8. The number of carbonyl (C=O) groups is 1. The Morgan fingerprint density at radius 1 is 1.41 bits per heavy atom. The van der Waals surface area contributed by atoms with Crippen molar-refractivity contribution >= 4 is 16.9 Å². The minimum Gasteiger partial charge on any atom is -0.393 e. The van der Waals surface area contributed by atoms with Crippen LogP contribution in [0.5, 0.6) is 0 Å². The van der Waals surface area contributed by atoms with Crippen molar-refractivity contribution in [3.8, 4) is 0 Å². The summed E-state index contributed by atoms with van der Waals surface area (Å²) in [6.07, 6.45) is 10.5. The lowest BCUT2D eigenvalue weighted by atomic mass is 10.0. The fourth-order valence-electron chi connectivity index (χ4n) is 2.22. The summed E-state index contributed by atoms with van der Waals surface area (Å²) in [4.78, 5) is 11.7. The van der Waals surface area contributed by atoms with Gasteiger partial charge in [0.15, 0.2) is 5.12 Å². The summed E-state index contributed by atoms with van der Waals surface area (Å²) < 4.78 is 0. The third-order valence-electron chi connectivity index (χ3n) is 3.21. The molecule has 0 aromatic heterocycles. The molecule has 1 fully saturated rings. The molecule has 17 heavy (non-hydrogen) atoms. The van der Waals surface area contributed by atoms with E-state index in [-0.39, 0.29) is 6.10 Å². The molecule has 0 saturated heterocycles. The molecule has 0 aromatic carbocycles. The third-order valence-corrected chi connectivity index (χ3v) is 4.48. The molecule has 1 aliphatic rings. The van der Waals surface area contributed by atoms with Crippen LogP contribution in [0, 0.1) is 0 Å². The van der Waals surface area contributed by atoms with Gasteiger partial charge in [-0.2, -0.15) is 0 Å². The summed E-state index contributed by atoms with van der Waals surface area (Å²) in [6.45, 7) is 3.59. The molecule has 0 amide bonds. The molecule has 0 radical (unpaired) electrons. The molecule has 0 bridgehead atoms. The fourth-order valence-corrected chi connectivity index (χ4v) is 3.42. The molecular formula is C14H24O2S. The molecule has 0 aromatic rings. The third kappa shape index (κ3) is 6.89. The molecule has 0 heterocycles. The van der Waals surface area contributed by atoms with Gasteiger partial charge in [-0.1, -0.05) is 37.1 Å². The largest absolute Gasteiger partial charge is 0.393 e. The van der Waals surface area contributed by atoms with E-state index in [0.717, 1.165) is 6.42 Å². The van der Waals surface area contributed by atoms with Gasteiger partial charge in [-0.15, -0.1) is 6.58 Å². The Kier molecular flexibility index (Phi) is 7.62. The number of rotatable bonds is 7. The Bertz CT molecular complexity index is 234. The smallest absolute Gasteiger partial charge is 0.189 e. The van der Waals surface area contributed by atoms with Gasteiger partial charge in [0.2, 0.25) is 0 Å². The van der Waals surface area contributed by atoms with Crippen LogP contribution in [0.15, 0.2) is 12.7 Å². The van der Waals surface area contributed by atoms with E-state index in [1.54, 1.807) is 17.8 Å². The van der Waals surface area contributed by atoms with Gasteiger partial charge in [-0.05, 0) is 32.1 Å². The van der Waals surface area contributed by atoms with Crippen LogP contribution in [-0.2, 0) is 4.79 Å². The zero-order chi connectivity index (χ0) is 12.5. The zero-order valence-corrected chi connectivity index (χ0v) is 11.4. The van der Waals surface area contributed by atoms with E-state index < -0.39 is 0 Å². The van der Waals surface area contributed by atoms with Gasteiger partial charge in [0.1, 0.15) is 0 Å². The van der Waals surface area contributed by atoms with Crippen LogP contribution < -0.4 is 0 Å². The standard InChI is InChI=1S/C14H24O2S/c1-2-7-12(15)8-6-11-14(16)17-13-9-4-3-5-10-13/h2,12-13,15H,1,3-11H2/t12-/m0/s1. The van der Waals surface area contributed by atoms with Crippen LogP contribution >= 0.6 is 11.8 Å². The Hall–Kier alpha value is -0.280. The molecule has 1 atom stereocenters.